The summed E-state index contributed by atoms with van der Waals surface area (Å²) >= 11 is 1.75. The highest BCUT2D eigenvalue weighted by atomic mass is 32.1. The summed E-state index contributed by atoms with van der Waals surface area (Å²) in [6.45, 7) is 0. The molecular formula is C45H26N2OS. The molecule has 49 heavy (non-hydrogen) atoms. The highest BCUT2D eigenvalue weighted by Crippen LogP contribution is 2.63. The largest absolute Gasteiger partial charge is 0.457 e. The zero-order chi connectivity index (χ0) is 32.1. The lowest BCUT2D eigenvalue weighted by Crippen LogP contribution is -2.32. The zero-order valence-corrected chi connectivity index (χ0v) is 27.0. The van der Waals surface area contributed by atoms with Crippen molar-refractivity contribution in [2.75, 3.05) is 0 Å². The molecule has 3 nitrogen and oxygen atoms in total. The van der Waals surface area contributed by atoms with Crippen molar-refractivity contribution >= 4 is 42.4 Å². The van der Waals surface area contributed by atoms with Crippen LogP contribution in [0.5, 0.6) is 11.5 Å². The molecule has 0 saturated heterocycles. The third-order valence-corrected chi connectivity index (χ3v) is 11.5. The number of para-hydroxylation sites is 1. The van der Waals surface area contributed by atoms with E-state index in [1.165, 1.54) is 37.7 Å². The van der Waals surface area contributed by atoms with Crippen LogP contribution in [0.25, 0.3) is 64.8 Å². The van der Waals surface area contributed by atoms with Gasteiger partial charge >= 0.3 is 0 Å². The highest BCUT2D eigenvalue weighted by molar-refractivity contribution is 7.26. The first-order valence-corrected chi connectivity index (χ1v) is 17.4. The molecule has 1 spiro atoms. The first kappa shape index (κ1) is 26.9. The van der Waals surface area contributed by atoms with E-state index >= 15 is 0 Å². The number of thiophene rings is 1. The monoisotopic (exact) mass is 642 g/mol. The molecule has 2 aromatic heterocycles. The van der Waals surface area contributed by atoms with E-state index in [2.05, 4.69) is 140 Å². The SMILES string of the molecule is c1ccc(-c2nc(-c3ccc4c(c3)Oc3ccccc3C43c4ccccc4-c4c3ccc3ccccc43)c3sc4ccccc4c3n2)cc1. The summed E-state index contributed by atoms with van der Waals surface area (Å²) in [5, 5.41) is 3.67. The lowest BCUT2D eigenvalue weighted by atomic mass is 9.66. The second kappa shape index (κ2) is 9.96. The molecule has 3 heterocycles. The first-order chi connectivity index (χ1) is 24.3. The molecule has 1 aliphatic heterocycles. The first-order valence-electron chi connectivity index (χ1n) is 16.6. The Balaban J connectivity index is 1.21. The van der Waals surface area contributed by atoms with Gasteiger partial charge in [-0.25, -0.2) is 9.97 Å². The second-order valence-electron chi connectivity index (χ2n) is 12.9. The van der Waals surface area contributed by atoms with E-state index in [9.17, 15) is 0 Å². The maximum Gasteiger partial charge on any atom is 0.160 e. The molecular weight excluding hydrogens is 617 g/mol. The third kappa shape index (κ3) is 3.61. The number of fused-ring (bicyclic) bond motifs is 14. The average Bonchev–Trinajstić information content (AvgIpc) is 3.69. The molecule has 2 aliphatic rings. The van der Waals surface area contributed by atoms with Crippen LogP contribution >= 0.6 is 11.3 Å². The molecule has 7 aromatic carbocycles. The van der Waals surface area contributed by atoms with E-state index in [1.54, 1.807) is 11.3 Å². The van der Waals surface area contributed by atoms with Crippen LogP contribution in [0, 0.1) is 0 Å². The van der Waals surface area contributed by atoms with Crippen molar-refractivity contribution in [2.45, 2.75) is 5.41 Å². The Bertz CT molecular complexity index is 2820. The fourth-order valence-corrected chi connectivity index (χ4v) is 9.48. The topological polar surface area (TPSA) is 35.0 Å². The molecule has 9 aromatic rings. The fraction of sp³-hybridized carbons (Fsp3) is 0.0222. The number of hydrogen-bond donors (Lipinski definition) is 0. The summed E-state index contributed by atoms with van der Waals surface area (Å²) in [6.07, 6.45) is 0. The minimum absolute atomic E-state index is 0.535. The lowest BCUT2D eigenvalue weighted by Gasteiger charge is -2.39. The molecule has 0 bridgehead atoms. The van der Waals surface area contributed by atoms with Gasteiger partial charge in [-0.1, -0.05) is 140 Å². The number of aromatic nitrogens is 2. The number of ether oxygens (including phenoxy) is 1. The van der Waals surface area contributed by atoms with E-state index in [4.69, 9.17) is 14.7 Å². The number of benzene rings is 7. The van der Waals surface area contributed by atoms with E-state index in [0.29, 0.717) is 0 Å². The molecule has 1 aliphatic carbocycles. The Hall–Kier alpha value is -6.10. The summed E-state index contributed by atoms with van der Waals surface area (Å²) < 4.78 is 9.17. The van der Waals surface area contributed by atoms with Crippen LogP contribution in [0.1, 0.15) is 22.3 Å². The van der Waals surface area contributed by atoms with Crippen LogP contribution in [0.4, 0.5) is 0 Å². The van der Waals surface area contributed by atoms with Crippen molar-refractivity contribution in [2.24, 2.45) is 0 Å². The van der Waals surface area contributed by atoms with Gasteiger partial charge in [0.15, 0.2) is 5.82 Å². The van der Waals surface area contributed by atoms with Crippen LogP contribution in [-0.2, 0) is 5.41 Å². The quantitative estimate of drug-likeness (QED) is 0.188. The van der Waals surface area contributed by atoms with Gasteiger partial charge in [-0.05, 0) is 51.2 Å². The molecule has 0 N–H and O–H groups in total. The molecule has 11 rings (SSSR count). The highest BCUT2D eigenvalue weighted by Gasteiger charge is 2.51. The van der Waals surface area contributed by atoms with Crippen molar-refractivity contribution in [3.63, 3.8) is 0 Å². The van der Waals surface area contributed by atoms with Crippen LogP contribution in [-0.4, -0.2) is 9.97 Å². The zero-order valence-electron chi connectivity index (χ0n) is 26.2. The summed E-state index contributed by atoms with van der Waals surface area (Å²) in [7, 11) is 0. The number of hydrogen-bond acceptors (Lipinski definition) is 4. The van der Waals surface area contributed by atoms with Gasteiger partial charge < -0.3 is 4.74 Å². The average molecular weight is 643 g/mol. The molecule has 1 atom stereocenters. The predicted octanol–water partition coefficient (Wildman–Crippen LogP) is 11.8. The Morgan fingerprint density at radius 2 is 1.22 bits per heavy atom. The smallest absolute Gasteiger partial charge is 0.160 e. The van der Waals surface area contributed by atoms with Crippen LogP contribution < -0.4 is 4.74 Å². The van der Waals surface area contributed by atoms with Gasteiger partial charge in [0.25, 0.3) is 0 Å². The van der Waals surface area contributed by atoms with Crippen LogP contribution in [0.2, 0.25) is 0 Å². The van der Waals surface area contributed by atoms with E-state index in [-0.39, 0.29) is 0 Å². The number of rotatable bonds is 2. The molecule has 0 radical (unpaired) electrons. The summed E-state index contributed by atoms with van der Waals surface area (Å²) in [5.41, 5.74) is 10.8. The Morgan fingerprint density at radius 1 is 0.510 bits per heavy atom. The summed E-state index contributed by atoms with van der Waals surface area (Å²) in [5.74, 6) is 2.45. The van der Waals surface area contributed by atoms with Gasteiger partial charge in [0.1, 0.15) is 11.5 Å². The van der Waals surface area contributed by atoms with Crippen molar-refractivity contribution in [1.82, 2.24) is 9.97 Å². The molecule has 0 saturated carbocycles. The minimum atomic E-state index is -0.535. The van der Waals surface area contributed by atoms with Gasteiger partial charge in [0, 0.05) is 32.3 Å². The lowest BCUT2D eigenvalue weighted by molar-refractivity contribution is 0.436. The van der Waals surface area contributed by atoms with E-state index in [0.717, 1.165) is 60.9 Å². The second-order valence-corrected chi connectivity index (χ2v) is 13.9. The Labute approximate surface area is 286 Å². The van der Waals surface area contributed by atoms with Gasteiger partial charge in [-0.2, -0.15) is 0 Å². The standard InChI is InChI=1S/C45H26N2OS/c1-2-13-28(14-3-1)44-46-41(43-42(47-44)32-17-7-11-21-39(32)49-43)29-23-24-35-38(26-29)48-37-20-10-9-19-34(37)45(35)33-18-8-6-16-31(33)40-30-15-5-4-12-27(30)22-25-36(40)45/h1-26H. The molecule has 0 fully saturated rings. The Morgan fingerprint density at radius 3 is 2.14 bits per heavy atom. The number of nitrogens with zero attached hydrogens (tertiary/aromatic N) is 2. The van der Waals surface area contributed by atoms with E-state index in [1.807, 2.05) is 18.2 Å². The van der Waals surface area contributed by atoms with Crippen LogP contribution in [0.3, 0.4) is 0 Å². The normalized spacial score (nSPS) is 15.6. The van der Waals surface area contributed by atoms with Crippen LogP contribution in [0.15, 0.2) is 158 Å². The maximum atomic E-state index is 6.89. The third-order valence-electron chi connectivity index (χ3n) is 10.4. The van der Waals surface area contributed by atoms with Gasteiger partial charge in [0.05, 0.1) is 21.3 Å². The van der Waals surface area contributed by atoms with Crippen molar-refractivity contribution in [1.29, 1.82) is 0 Å². The minimum Gasteiger partial charge on any atom is -0.457 e. The molecule has 0 amide bonds. The predicted molar refractivity (Wildman–Crippen MR) is 201 cm³/mol. The van der Waals surface area contributed by atoms with Gasteiger partial charge in [-0.3, -0.25) is 0 Å². The maximum absolute atomic E-state index is 6.89. The Kier molecular flexibility index (Phi) is 5.47. The molecule has 1 unspecified atom stereocenters. The van der Waals surface area contributed by atoms with E-state index < -0.39 is 5.41 Å². The van der Waals surface area contributed by atoms with Gasteiger partial charge in [-0.15, -0.1) is 11.3 Å². The van der Waals surface area contributed by atoms with Crippen molar-refractivity contribution < 1.29 is 4.74 Å². The molecule has 228 valence electrons. The van der Waals surface area contributed by atoms with Gasteiger partial charge in [0.2, 0.25) is 0 Å². The van der Waals surface area contributed by atoms with Crippen molar-refractivity contribution in [3.8, 4) is 45.3 Å². The van der Waals surface area contributed by atoms with Crippen molar-refractivity contribution in [3.05, 3.63) is 180 Å². The summed E-state index contributed by atoms with van der Waals surface area (Å²) in [6, 6.07) is 56.3. The summed E-state index contributed by atoms with van der Waals surface area (Å²) in [4.78, 5) is 10.4. The molecule has 4 heteroatoms. The fourth-order valence-electron chi connectivity index (χ4n) is 8.32.